The third-order valence-corrected chi connectivity index (χ3v) is 7.80. The molecular weight excluding hydrogens is 555 g/mol. The summed E-state index contributed by atoms with van der Waals surface area (Å²) < 4.78 is 239. The zero-order valence-corrected chi connectivity index (χ0v) is 17.7. The van der Waals surface area contributed by atoms with Crippen molar-refractivity contribution in [3.63, 3.8) is 0 Å². The molecule has 21 heteroatoms. The minimum Gasteiger partial charge on any atom is -0.377 e. The van der Waals surface area contributed by atoms with Crippen molar-refractivity contribution in [2.24, 2.45) is 0 Å². The lowest BCUT2D eigenvalue weighted by molar-refractivity contribution is -0.461. The van der Waals surface area contributed by atoms with Gasteiger partial charge in [-0.3, -0.25) is 0 Å². The van der Waals surface area contributed by atoms with Gasteiger partial charge in [0.2, 0.25) is 0 Å². The van der Waals surface area contributed by atoms with E-state index in [1.165, 1.54) is 0 Å². The molecule has 0 N–H and O–H groups in total. The fourth-order valence-electron chi connectivity index (χ4n) is 2.45. The fraction of sp³-hybridized carbons (Fsp3) is 1.00. The van der Waals surface area contributed by atoms with Crippen LogP contribution < -0.4 is 0 Å². The average Bonchev–Trinajstić information content (AvgIpc) is 2.67. The van der Waals surface area contributed by atoms with Gasteiger partial charge >= 0.3 is 56.4 Å². The summed E-state index contributed by atoms with van der Waals surface area (Å²) in [5.41, 5.74) is -3.54. The van der Waals surface area contributed by atoms with Crippen molar-refractivity contribution >= 4 is 8.80 Å². The lowest BCUT2D eigenvalue weighted by atomic mass is 9.88. The third-order valence-electron chi connectivity index (χ3n) is 4.67. The molecule has 0 saturated carbocycles. The van der Waals surface area contributed by atoms with Gasteiger partial charge in [-0.25, -0.2) is 0 Å². The molecule has 0 heterocycles. The average molecular weight is 568 g/mol. The van der Waals surface area contributed by atoms with E-state index in [1.807, 2.05) is 0 Å². The highest BCUT2D eigenvalue weighted by Gasteiger charge is 2.95. The Morgan fingerprint density at radius 2 is 0.676 bits per heavy atom. The second-order valence-electron chi connectivity index (χ2n) is 6.50. The number of hydrogen-bond acceptors (Lipinski definition) is 3. The van der Waals surface area contributed by atoms with E-state index >= 15 is 0 Å². The smallest absolute Gasteiger partial charge is 0.377 e. The largest absolute Gasteiger partial charge is 0.509 e. The van der Waals surface area contributed by atoms with Crippen LogP contribution in [-0.2, 0) is 13.3 Å². The van der Waals surface area contributed by atoms with E-state index in [0.29, 0.717) is 21.3 Å². The number of rotatable bonds is 11. The minimum absolute atomic E-state index is 0.157. The Morgan fingerprint density at radius 1 is 0.441 bits per heavy atom. The van der Waals surface area contributed by atoms with Crippen LogP contribution in [0.4, 0.5) is 74.6 Å². The summed E-state index contributed by atoms with van der Waals surface area (Å²) in [5.74, 6) is -57.0. The molecule has 0 amide bonds. The second kappa shape index (κ2) is 8.78. The van der Waals surface area contributed by atoms with Gasteiger partial charge in [-0.1, -0.05) is 6.92 Å². The van der Waals surface area contributed by atoms with Gasteiger partial charge in [-0.15, -0.1) is 0 Å². The van der Waals surface area contributed by atoms with Crippen LogP contribution in [0.25, 0.3) is 0 Å². The predicted molar refractivity (Wildman–Crippen MR) is 76.9 cm³/mol. The van der Waals surface area contributed by atoms with E-state index < -0.39 is 62.0 Å². The first kappa shape index (κ1) is 32.9. The molecule has 0 saturated heterocycles. The zero-order chi connectivity index (χ0) is 28.2. The minimum atomic E-state index is -8.68. The highest BCUT2D eigenvalue weighted by molar-refractivity contribution is 6.62. The van der Waals surface area contributed by atoms with Gasteiger partial charge in [0, 0.05) is 21.3 Å². The molecule has 0 aromatic heterocycles. The van der Waals surface area contributed by atoms with Crippen LogP contribution in [0.2, 0.25) is 5.54 Å². The summed E-state index contributed by atoms with van der Waals surface area (Å²) in [4.78, 5) is 0. The van der Waals surface area contributed by atoms with Gasteiger partial charge in [0.1, 0.15) is 0 Å². The molecule has 206 valence electrons. The molecule has 0 fully saturated rings. The van der Waals surface area contributed by atoms with Crippen molar-refractivity contribution in [3.8, 4) is 0 Å². The molecule has 0 bridgehead atoms. The first-order valence-electron chi connectivity index (χ1n) is 7.95. The van der Waals surface area contributed by atoms with Crippen LogP contribution >= 0.6 is 0 Å². The molecule has 0 radical (unpaired) electrons. The first-order chi connectivity index (χ1) is 14.6. The van der Waals surface area contributed by atoms with Gasteiger partial charge in [0.25, 0.3) is 0 Å². The van der Waals surface area contributed by atoms with E-state index in [2.05, 4.69) is 13.3 Å². The van der Waals surface area contributed by atoms with E-state index in [1.54, 1.807) is 0 Å². The number of hydrogen-bond donors (Lipinski definition) is 0. The van der Waals surface area contributed by atoms with Crippen LogP contribution in [0.3, 0.4) is 0 Å². The molecule has 0 aromatic rings. The molecule has 0 aromatic carbocycles. The molecular formula is C13H13F17O3Si. The Hall–Kier alpha value is -1.09. The lowest BCUT2D eigenvalue weighted by Crippen LogP contribution is -2.75. The third kappa shape index (κ3) is 4.02. The Balaban J connectivity index is 6.95. The molecule has 3 nitrogen and oxygen atoms in total. The SMILES string of the molecule is CO[Si](OC)(OC)C(C)C(F)(F)C(F)(F)C(F)(F)C(F)(F)C(F)(F)C(F)(F)C(F)(F)C(F)(F)F. The molecule has 1 unspecified atom stereocenters. The summed E-state index contributed by atoms with van der Waals surface area (Å²) in [6.45, 7) is -0.157. The van der Waals surface area contributed by atoms with Crippen molar-refractivity contribution < 1.29 is 87.9 Å². The summed E-state index contributed by atoms with van der Waals surface area (Å²) in [6, 6.07) is 0. The van der Waals surface area contributed by atoms with Crippen LogP contribution in [-0.4, -0.2) is 77.8 Å². The molecule has 34 heavy (non-hydrogen) atoms. The van der Waals surface area contributed by atoms with Crippen LogP contribution in [0.5, 0.6) is 0 Å². The van der Waals surface area contributed by atoms with E-state index in [-0.39, 0.29) is 6.92 Å². The Morgan fingerprint density at radius 3 is 0.912 bits per heavy atom. The van der Waals surface area contributed by atoms with Gasteiger partial charge in [-0.05, 0) is 0 Å². The van der Waals surface area contributed by atoms with E-state index in [4.69, 9.17) is 0 Å². The second-order valence-corrected chi connectivity index (χ2v) is 9.80. The number of alkyl halides is 17. The molecule has 1 atom stereocenters. The summed E-state index contributed by atoms with van der Waals surface area (Å²) >= 11 is 0. The number of halogens is 17. The van der Waals surface area contributed by atoms with Crippen molar-refractivity contribution in [2.75, 3.05) is 21.3 Å². The maximum atomic E-state index is 14.3. The van der Waals surface area contributed by atoms with Gasteiger partial charge in [0.05, 0.1) is 5.54 Å². The van der Waals surface area contributed by atoms with Crippen molar-refractivity contribution in [2.45, 2.75) is 60.1 Å². The van der Waals surface area contributed by atoms with Gasteiger partial charge in [0.15, 0.2) is 0 Å². The first-order valence-corrected chi connectivity index (χ1v) is 9.76. The quantitative estimate of drug-likeness (QED) is 0.218. The Bertz CT molecular complexity index is 708. The predicted octanol–water partition coefficient (Wildman–Crippen LogP) is 6.26. The van der Waals surface area contributed by atoms with Crippen LogP contribution in [0.1, 0.15) is 6.92 Å². The van der Waals surface area contributed by atoms with Crippen molar-refractivity contribution in [1.82, 2.24) is 0 Å². The molecule has 0 spiro atoms. The molecule has 0 aliphatic rings. The molecule has 0 rings (SSSR count). The Labute approximate surface area is 179 Å². The highest BCUT2D eigenvalue weighted by Crippen LogP contribution is 2.65. The normalized spacial score (nSPS) is 17.2. The monoisotopic (exact) mass is 568 g/mol. The van der Waals surface area contributed by atoms with E-state index in [0.717, 1.165) is 0 Å². The van der Waals surface area contributed by atoms with Gasteiger partial charge in [-0.2, -0.15) is 74.6 Å². The summed E-state index contributed by atoms with van der Waals surface area (Å²) in [5, 5.41) is 0. The summed E-state index contributed by atoms with van der Waals surface area (Å²) in [6.07, 6.45) is -7.80. The lowest BCUT2D eigenvalue weighted by Gasteiger charge is -2.44. The Kier molecular flexibility index (Phi) is 8.50. The van der Waals surface area contributed by atoms with Gasteiger partial charge < -0.3 is 13.3 Å². The summed E-state index contributed by atoms with van der Waals surface area (Å²) in [7, 11) is -4.03. The molecule has 0 aliphatic carbocycles. The highest BCUT2D eigenvalue weighted by atomic mass is 28.4. The van der Waals surface area contributed by atoms with Crippen LogP contribution in [0, 0.1) is 0 Å². The van der Waals surface area contributed by atoms with Crippen molar-refractivity contribution in [3.05, 3.63) is 0 Å². The maximum absolute atomic E-state index is 14.3. The van der Waals surface area contributed by atoms with Crippen molar-refractivity contribution in [1.29, 1.82) is 0 Å². The topological polar surface area (TPSA) is 27.7 Å². The van der Waals surface area contributed by atoms with Crippen LogP contribution in [0.15, 0.2) is 0 Å². The van der Waals surface area contributed by atoms with E-state index in [9.17, 15) is 74.6 Å². The fourth-order valence-corrected chi connectivity index (χ4v) is 4.64. The standard InChI is InChI=1S/C13H13F17O3Si/c1-5(34(31-2,32-3)33-4)6(14,15)7(16,17)8(18,19)9(20,21)10(22,23)11(24,25)12(26,27)13(28,29)30/h5H,1-4H3. The maximum Gasteiger partial charge on any atom is 0.509 e. The zero-order valence-electron chi connectivity index (χ0n) is 16.7. The molecule has 0 aliphatic heterocycles.